The number of hydrogen-bond donors (Lipinski definition) is 1. The summed E-state index contributed by atoms with van der Waals surface area (Å²) in [4.78, 5) is 10.8. The molecule has 0 unspecified atom stereocenters. The molecule has 0 atom stereocenters. The molecule has 0 aromatic heterocycles. The first-order valence-corrected chi connectivity index (χ1v) is 6.55. The van der Waals surface area contributed by atoms with E-state index < -0.39 is 5.97 Å². The number of carboxylic acid groups (broad SMARTS) is 1. The summed E-state index contributed by atoms with van der Waals surface area (Å²) >= 11 is 6.64. The number of rotatable bonds is 4. The standard InChI is InChI=1S/C12H9Br2NO3/c1-2-18-11-7(3-8(6-15)12(16)17)4-9(13)5-10(11)14/h3-5H,2H2,1H3,(H,16,17)/b8-3+. The van der Waals surface area contributed by atoms with E-state index in [9.17, 15) is 4.79 Å². The van der Waals surface area contributed by atoms with Gasteiger partial charge in [-0.15, -0.1) is 0 Å². The number of ether oxygens (including phenoxy) is 1. The van der Waals surface area contributed by atoms with Gasteiger partial charge in [-0.05, 0) is 41.1 Å². The van der Waals surface area contributed by atoms with Crippen molar-refractivity contribution in [2.24, 2.45) is 0 Å². The van der Waals surface area contributed by atoms with Crippen molar-refractivity contribution in [3.63, 3.8) is 0 Å². The van der Waals surface area contributed by atoms with E-state index in [1.54, 1.807) is 18.2 Å². The lowest BCUT2D eigenvalue weighted by Crippen LogP contribution is -1.99. The van der Waals surface area contributed by atoms with Gasteiger partial charge in [0.25, 0.3) is 0 Å². The highest BCUT2D eigenvalue weighted by atomic mass is 79.9. The molecular formula is C12H9Br2NO3. The Morgan fingerprint density at radius 3 is 2.72 bits per heavy atom. The summed E-state index contributed by atoms with van der Waals surface area (Å²) in [7, 11) is 0. The molecule has 4 nitrogen and oxygen atoms in total. The molecule has 6 heteroatoms. The Morgan fingerprint density at radius 1 is 1.56 bits per heavy atom. The van der Waals surface area contributed by atoms with Crippen LogP contribution in [0.3, 0.4) is 0 Å². The number of carboxylic acids is 1. The summed E-state index contributed by atoms with van der Waals surface area (Å²) < 4.78 is 6.88. The zero-order chi connectivity index (χ0) is 13.7. The van der Waals surface area contributed by atoms with E-state index in [0.29, 0.717) is 22.4 Å². The van der Waals surface area contributed by atoms with Crippen LogP contribution in [-0.4, -0.2) is 17.7 Å². The normalized spacial score (nSPS) is 10.9. The first kappa shape index (κ1) is 14.7. The van der Waals surface area contributed by atoms with Gasteiger partial charge in [-0.2, -0.15) is 5.26 Å². The summed E-state index contributed by atoms with van der Waals surface area (Å²) in [6.45, 7) is 2.26. The second kappa shape index (κ2) is 6.57. The van der Waals surface area contributed by atoms with Gasteiger partial charge >= 0.3 is 5.97 Å². The van der Waals surface area contributed by atoms with E-state index in [1.165, 1.54) is 6.08 Å². The lowest BCUT2D eigenvalue weighted by molar-refractivity contribution is -0.132. The predicted octanol–water partition coefficient (Wildman–Crippen LogP) is 3.60. The van der Waals surface area contributed by atoms with Crippen molar-refractivity contribution in [2.45, 2.75) is 6.92 Å². The van der Waals surface area contributed by atoms with Crippen LogP contribution in [0, 0.1) is 11.3 Å². The van der Waals surface area contributed by atoms with Crippen molar-refractivity contribution in [3.05, 3.63) is 32.2 Å². The second-order valence-electron chi connectivity index (χ2n) is 3.21. The Morgan fingerprint density at radius 2 is 2.22 bits per heavy atom. The van der Waals surface area contributed by atoms with E-state index in [2.05, 4.69) is 31.9 Å². The minimum Gasteiger partial charge on any atom is -0.492 e. The number of nitrogens with zero attached hydrogens (tertiary/aromatic N) is 1. The molecule has 1 N–H and O–H groups in total. The molecule has 0 saturated carbocycles. The molecule has 0 aliphatic carbocycles. The van der Waals surface area contributed by atoms with Gasteiger partial charge in [0.2, 0.25) is 0 Å². The van der Waals surface area contributed by atoms with E-state index >= 15 is 0 Å². The lowest BCUT2D eigenvalue weighted by Gasteiger charge is -2.10. The summed E-state index contributed by atoms with van der Waals surface area (Å²) in [6.07, 6.45) is 1.28. The number of carbonyl (C=O) groups is 1. The van der Waals surface area contributed by atoms with Gasteiger partial charge in [0, 0.05) is 10.0 Å². The van der Waals surface area contributed by atoms with Crippen LogP contribution < -0.4 is 4.74 Å². The maximum absolute atomic E-state index is 10.8. The molecular weight excluding hydrogens is 366 g/mol. The molecule has 1 aromatic carbocycles. The van der Waals surface area contributed by atoms with Crippen molar-refractivity contribution in [1.29, 1.82) is 5.26 Å². The highest BCUT2D eigenvalue weighted by Crippen LogP contribution is 2.34. The first-order valence-electron chi connectivity index (χ1n) is 4.96. The average molecular weight is 375 g/mol. The average Bonchev–Trinajstić information content (AvgIpc) is 2.29. The summed E-state index contributed by atoms with van der Waals surface area (Å²) in [5.74, 6) is -0.759. The minimum absolute atomic E-state index is 0.346. The molecule has 0 fully saturated rings. The van der Waals surface area contributed by atoms with Crippen molar-refractivity contribution < 1.29 is 14.6 Å². The fourth-order valence-corrected chi connectivity index (χ4v) is 2.65. The quantitative estimate of drug-likeness (QED) is 0.645. The van der Waals surface area contributed by atoms with E-state index in [0.717, 1.165) is 4.47 Å². The molecule has 18 heavy (non-hydrogen) atoms. The van der Waals surface area contributed by atoms with Crippen LogP contribution >= 0.6 is 31.9 Å². The second-order valence-corrected chi connectivity index (χ2v) is 4.98. The third kappa shape index (κ3) is 3.59. The predicted molar refractivity (Wildman–Crippen MR) is 74.2 cm³/mol. The molecule has 0 saturated heterocycles. The van der Waals surface area contributed by atoms with Crippen molar-refractivity contribution in [3.8, 4) is 11.8 Å². The number of nitriles is 1. The summed E-state index contributed by atoms with van der Waals surface area (Å²) in [5, 5.41) is 17.6. The SMILES string of the molecule is CCOc1c(Br)cc(Br)cc1/C=C(\C#N)C(=O)O. The number of aliphatic carboxylic acids is 1. The number of benzene rings is 1. The fraction of sp³-hybridized carbons (Fsp3) is 0.167. The maximum Gasteiger partial charge on any atom is 0.346 e. The molecule has 0 spiro atoms. The third-order valence-corrected chi connectivity index (χ3v) is 3.02. The van der Waals surface area contributed by atoms with Gasteiger partial charge in [-0.25, -0.2) is 4.79 Å². The van der Waals surface area contributed by atoms with E-state index in [-0.39, 0.29) is 5.57 Å². The summed E-state index contributed by atoms with van der Waals surface area (Å²) in [5.41, 5.74) is 0.179. The van der Waals surface area contributed by atoms with Gasteiger partial charge < -0.3 is 9.84 Å². The van der Waals surface area contributed by atoms with Crippen LogP contribution in [0.15, 0.2) is 26.7 Å². The zero-order valence-corrected chi connectivity index (χ0v) is 12.6. The van der Waals surface area contributed by atoms with Crippen molar-refractivity contribution in [1.82, 2.24) is 0 Å². The Hall–Kier alpha value is -1.32. The molecule has 0 heterocycles. The zero-order valence-electron chi connectivity index (χ0n) is 9.41. The van der Waals surface area contributed by atoms with Crippen LogP contribution in [0.1, 0.15) is 12.5 Å². The Balaban J connectivity index is 3.39. The molecule has 0 aliphatic rings. The van der Waals surface area contributed by atoms with Gasteiger partial charge in [0.1, 0.15) is 17.4 Å². The van der Waals surface area contributed by atoms with Crippen molar-refractivity contribution in [2.75, 3.05) is 6.61 Å². The Bertz CT molecular complexity index is 547. The molecule has 94 valence electrons. The van der Waals surface area contributed by atoms with Crippen LogP contribution in [0.4, 0.5) is 0 Å². The van der Waals surface area contributed by atoms with Crippen molar-refractivity contribution >= 4 is 43.9 Å². The van der Waals surface area contributed by atoms with Crippen LogP contribution in [0.2, 0.25) is 0 Å². The Labute approximate surface area is 121 Å². The van der Waals surface area contributed by atoms with Gasteiger partial charge in [-0.1, -0.05) is 15.9 Å². The highest BCUT2D eigenvalue weighted by Gasteiger charge is 2.12. The van der Waals surface area contributed by atoms with Gasteiger partial charge in [-0.3, -0.25) is 0 Å². The van der Waals surface area contributed by atoms with E-state index in [4.69, 9.17) is 15.1 Å². The molecule has 0 amide bonds. The molecule has 0 radical (unpaired) electrons. The maximum atomic E-state index is 10.8. The summed E-state index contributed by atoms with van der Waals surface area (Å²) in [6, 6.07) is 5.11. The minimum atomic E-state index is -1.27. The van der Waals surface area contributed by atoms with Crippen LogP contribution in [0.5, 0.6) is 5.75 Å². The molecule has 1 aromatic rings. The lowest BCUT2D eigenvalue weighted by atomic mass is 10.1. The largest absolute Gasteiger partial charge is 0.492 e. The fourth-order valence-electron chi connectivity index (χ4n) is 1.28. The molecule has 0 bridgehead atoms. The third-order valence-electron chi connectivity index (χ3n) is 1.98. The number of halogens is 2. The first-order chi connectivity index (χ1) is 8.49. The topological polar surface area (TPSA) is 70.3 Å². The monoisotopic (exact) mass is 373 g/mol. The Kier molecular flexibility index (Phi) is 5.38. The smallest absolute Gasteiger partial charge is 0.346 e. The molecule has 0 aliphatic heterocycles. The van der Waals surface area contributed by atoms with Gasteiger partial charge in [0.05, 0.1) is 11.1 Å². The highest BCUT2D eigenvalue weighted by molar-refractivity contribution is 9.11. The van der Waals surface area contributed by atoms with Crippen LogP contribution in [0.25, 0.3) is 6.08 Å². The van der Waals surface area contributed by atoms with E-state index in [1.807, 2.05) is 6.92 Å². The number of hydrogen-bond acceptors (Lipinski definition) is 3. The molecule has 1 rings (SSSR count). The van der Waals surface area contributed by atoms with Crippen LogP contribution in [-0.2, 0) is 4.79 Å². The van der Waals surface area contributed by atoms with Gasteiger partial charge in [0.15, 0.2) is 0 Å².